The van der Waals surface area contributed by atoms with Gasteiger partial charge in [-0.3, -0.25) is 10.1 Å². The van der Waals surface area contributed by atoms with E-state index in [2.05, 4.69) is 17.2 Å². The number of carboxylic acids is 1. The minimum Gasteiger partial charge on any atom is -0.487 e. The van der Waals surface area contributed by atoms with E-state index in [1.54, 1.807) is 0 Å². The van der Waals surface area contributed by atoms with E-state index < -0.39 is 29.1 Å². The Labute approximate surface area is 216 Å². The number of hydrogen-bond donors (Lipinski definition) is 2. The molecule has 7 nitrogen and oxygen atoms in total. The molecule has 3 aromatic rings. The third-order valence-corrected chi connectivity index (χ3v) is 6.68. The van der Waals surface area contributed by atoms with E-state index in [-0.39, 0.29) is 16.3 Å². The van der Waals surface area contributed by atoms with Crippen LogP contribution in [0.25, 0.3) is 17.3 Å². The first kappa shape index (κ1) is 26.4. The van der Waals surface area contributed by atoms with Crippen LogP contribution in [0.5, 0.6) is 5.75 Å². The van der Waals surface area contributed by atoms with Gasteiger partial charge < -0.3 is 14.6 Å². The Morgan fingerprint density at radius 1 is 1.24 bits per heavy atom. The number of nitrogens with zero attached hydrogens (tertiary/aromatic N) is 1. The zero-order chi connectivity index (χ0) is 26.5. The van der Waals surface area contributed by atoms with Gasteiger partial charge in [-0.2, -0.15) is 0 Å². The molecule has 194 valence electrons. The Hall–Kier alpha value is -3.63. The lowest BCUT2D eigenvalue weighted by Gasteiger charge is -2.19. The van der Waals surface area contributed by atoms with Crippen LogP contribution < -0.4 is 10.1 Å². The van der Waals surface area contributed by atoms with E-state index in [0.717, 1.165) is 65.8 Å². The Kier molecular flexibility index (Phi) is 8.30. The molecule has 0 unspecified atom stereocenters. The Balaban J connectivity index is 1.51. The van der Waals surface area contributed by atoms with Crippen molar-refractivity contribution in [2.45, 2.75) is 39.7 Å². The number of ether oxygens (including phenoxy) is 2. The lowest BCUT2D eigenvalue weighted by atomic mass is 10.0. The van der Waals surface area contributed by atoms with Gasteiger partial charge in [0.05, 0.1) is 10.6 Å². The molecule has 0 fully saturated rings. The van der Waals surface area contributed by atoms with Gasteiger partial charge in [0, 0.05) is 35.5 Å². The number of carbonyl (C=O) groups excluding carboxylic acids is 1. The molecule has 1 aliphatic rings. The number of aliphatic carboxylic acids is 1. The van der Waals surface area contributed by atoms with Crippen LogP contribution in [0.15, 0.2) is 35.9 Å². The third kappa shape index (κ3) is 6.03. The highest BCUT2D eigenvalue weighted by Gasteiger charge is 2.25. The Morgan fingerprint density at radius 3 is 2.70 bits per heavy atom. The zero-order valence-electron chi connectivity index (χ0n) is 20.4. The van der Waals surface area contributed by atoms with Crippen molar-refractivity contribution in [1.29, 1.82) is 0 Å². The maximum Gasteiger partial charge on any atom is 0.331 e. The van der Waals surface area contributed by atoms with E-state index in [9.17, 15) is 18.4 Å². The van der Waals surface area contributed by atoms with E-state index >= 15 is 0 Å². The average Bonchev–Trinajstić information content (AvgIpc) is 3.28. The van der Waals surface area contributed by atoms with Crippen molar-refractivity contribution in [2.75, 3.05) is 18.5 Å². The van der Waals surface area contributed by atoms with Crippen LogP contribution in [-0.4, -0.2) is 35.2 Å². The second-order valence-electron chi connectivity index (χ2n) is 8.53. The first-order valence-corrected chi connectivity index (χ1v) is 12.6. The van der Waals surface area contributed by atoms with E-state index in [0.29, 0.717) is 18.9 Å². The predicted molar refractivity (Wildman–Crippen MR) is 137 cm³/mol. The fraction of sp³-hybridized carbons (Fsp3) is 0.296. The fourth-order valence-electron chi connectivity index (χ4n) is 3.90. The summed E-state index contributed by atoms with van der Waals surface area (Å²) in [6, 6.07) is 7.58. The number of rotatable bonds is 10. The number of anilines is 1. The second-order valence-corrected chi connectivity index (χ2v) is 9.61. The average molecular weight is 529 g/mol. The lowest BCUT2D eigenvalue weighted by molar-refractivity contribution is -0.132. The van der Waals surface area contributed by atoms with Crippen molar-refractivity contribution in [3.8, 4) is 17.0 Å². The molecule has 10 heteroatoms. The molecule has 0 aliphatic carbocycles. The molecule has 2 heterocycles. The molecule has 0 radical (unpaired) electrons. The summed E-state index contributed by atoms with van der Waals surface area (Å²) in [5.74, 6) is -3.36. The number of carboxylic acid groups (broad SMARTS) is 1. The number of hydrogen-bond acceptors (Lipinski definition) is 6. The minimum atomic E-state index is -1.30. The van der Waals surface area contributed by atoms with Gasteiger partial charge in [0.15, 0.2) is 5.13 Å². The molecule has 2 N–H and O–H groups in total. The van der Waals surface area contributed by atoms with Gasteiger partial charge in [-0.05, 0) is 56.0 Å². The van der Waals surface area contributed by atoms with E-state index in [1.807, 2.05) is 18.2 Å². The summed E-state index contributed by atoms with van der Waals surface area (Å²) in [6.07, 6.45) is 3.52. The normalized spacial score (nSPS) is 12.5. The molecular formula is C27H26F2N2O5S. The first-order chi connectivity index (χ1) is 17.8. The molecule has 0 spiro atoms. The highest BCUT2D eigenvalue weighted by Crippen LogP contribution is 2.43. The molecule has 37 heavy (non-hydrogen) atoms. The van der Waals surface area contributed by atoms with Gasteiger partial charge in [0.2, 0.25) is 0 Å². The zero-order valence-corrected chi connectivity index (χ0v) is 21.2. The molecule has 1 aliphatic heterocycles. The lowest BCUT2D eigenvalue weighted by Crippen LogP contribution is -2.13. The molecule has 1 amide bonds. The number of amides is 1. The fourth-order valence-corrected chi connectivity index (χ4v) is 4.79. The van der Waals surface area contributed by atoms with Crippen LogP contribution in [-0.2, 0) is 22.6 Å². The van der Waals surface area contributed by atoms with Gasteiger partial charge in [-0.25, -0.2) is 18.6 Å². The molecule has 2 aromatic carbocycles. The number of benzene rings is 2. The topological polar surface area (TPSA) is 97.8 Å². The number of carbonyl (C=O) groups is 2. The van der Waals surface area contributed by atoms with Crippen LogP contribution in [0.3, 0.4) is 0 Å². The van der Waals surface area contributed by atoms with Gasteiger partial charge in [-0.1, -0.05) is 30.4 Å². The van der Waals surface area contributed by atoms with Crippen molar-refractivity contribution in [3.63, 3.8) is 0 Å². The van der Waals surface area contributed by atoms with Crippen molar-refractivity contribution in [2.24, 2.45) is 0 Å². The van der Waals surface area contributed by atoms with Crippen LogP contribution in [0.1, 0.15) is 53.1 Å². The molecule has 4 rings (SSSR count). The summed E-state index contributed by atoms with van der Waals surface area (Å²) in [5, 5.41) is 11.8. The van der Waals surface area contributed by atoms with Crippen LogP contribution >= 0.6 is 11.3 Å². The van der Waals surface area contributed by atoms with Gasteiger partial charge in [0.1, 0.15) is 24.0 Å². The van der Waals surface area contributed by atoms with Crippen molar-refractivity contribution in [1.82, 2.24) is 4.98 Å². The monoisotopic (exact) mass is 528 g/mol. The van der Waals surface area contributed by atoms with Gasteiger partial charge in [-0.15, -0.1) is 0 Å². The van der Waals surface area contributed by atoms with Crippen molar-refractivity contribution < 1.29 is 33.0 Å². The van der Waals surface area contributed by atoms with Crippen molar-refractivity contribution in [3.05, 3.63) is 69.1 Å². The number of thiazole rings is 1. The first-order valence-electron chi connectivity index (χ1n) is 11.8. The second kappa shape index (κ2) is 11.6. The number of aromatic nitrogens is 1. The maximum atomic E-state index is 14.5. The molecule has 1 aromatic heterocycles. The quantitative estimate of drug-likeness (QED) is 0.245. The third-order valence-electron chi connectivity index (χ3n) is 5.74. The van der Waals surface area contributed by atoms with Crippen LogP contribution in [0.2, 0.25) is 0 Å². The number of nitrogens with one attached hydrogen (secondary N) is 1. The SMILES string of the molecule is CCCOCCCc1cccc2c1OCc1sc(NC(=O)c3cc(F)c(C=C(C)C(=O)O)c(F)c3)nc1-2. The Morgan fingerprint density at radius 2 is 2.00 bits per heavy atom. The maximum absolute atomic E-state index is 14.5. The predicted octanol–water partition coefficient (Wildman–Crippen LogP) is 6.08. The standard InChI is InChI=1S/C27H26F2N2O5S/c1-3-9-35-10-5-7-16-6-4-8-18-23-22(14-36-24(16)18)37-27(30-23)31-25(32)17-12-20(28)19(21(29)13-17)11-15(2)26(33)34/h4,6,8,11-13H,3,5,7,9-10,14H2,1-2H3,(H,33,34)(H,30,31,32). The molecule has 0 atom stereocenters. The van der Waals surface area contributed by atoms with Gasteiger partial charge >= 0.3 is 5.97 Å². The van der Waals surface area contributed by atoms with E-state index in [4.69, 9.17) is 14.6 Å². The number of halogens is 2. The highest BCUT2D eigenvalue weighted by molar-refractivity contribution is 7.16. The molecular weight excluding hydrogens is 502 g/mol. The molecule has 0 saturated carbocycles. The summed E-state index contributed by atoms with van der Waals surface area (Å²) < 4.78 is 40.5. The summed E-state index contributed by atoms with van der Waals surface area (Å²) in [6.45, 7) is 5.00. The Bertz CT molecular complexity index is 1350. The van der Waals surface area contributed by atoms with Crippen molar-refractivity contribution >= 4 is 34.4 Å². The minimum absolute atomic E-state index is 0.237. The highest BCUT2D eigenvalue weighted by atomic mass is 32.1. The summed E-state index contributed by atoms with van der Waals surface area (Å²) >= 11 is 1.23. The number of para-hydroxylation sites is 1. The van der Waals surface area contributed by atoms with Crippen LogP contribution in [0, 0.1) is 11.6 Å². The van der Waals surface area contributed by atoms with Gasteiger partial charge in [0.25, 0.3) is 5.91 Å². The summed E-state index contributed by atoms with van der Waals surface area (Å²) in [7, 11) is 0. The van der Waals surface area contributed by atoms with E-state index in [1.165, 1.54) is 18.3 Å². The number of fused-ring (bicyclic) bond motifs is 3. The summed E-state index contributed by atoms with van der Waals surface area (Å²) in [5.41, 5.74) is 1.57. The van der Waals surface area contributed by atoms with Crippen LogP contribution in [0.4, 0.5) is 13.9 Å². The smallest absolute Gasteiger partial charge is 0.331 e. The largest absolute Gasteiger partial charge is 0.487 e. The number of aryl methyl sites for hydroxylation is 1. The molecule has 0 saturated heterocycles. The summed E-state index contributed by atoms with van der Waals surface area (Å²) in [4.78, 5) is 29.1. The molecule has 0 bridgehead atoms.